The van der Waals surface area contributed by atoms with E-state index in [9.17, 15) is 0 Å². The molecule has 0 unspecified atom stereocenters. The molecule has 2 heterocycles. The molecule has 0 amide bonds. The van der Waals surface area contributed by atoms with Gasteiger partial charge in [-0.1, -0.05) is 36.4 Å². The van der Waals surface area contributed by atoms with Crippen molar-refractivity contribution in [3.63, 3.8) is 0 Å². The highest BCUT2D eigenvalue weighted by molar-refractivity contribution is 7.10. The SMILES string of the molecule is C(C=CCc1cccs1)=CCc1cccs1. The molecule has 0 aliphatic heterocycles. The van der Waals surface area contributed by atoms with Crippen molar-refractivity contribution in [1.82, 2.24) is 0 Å². The van der Waals surface area contributed by atoms with Crippen LogP contribution < -0.4 is 0 Å². The lowest BCUT2D eigenvalue weighted by atomic mass is 10.3. The number of hydrogen-bond acceptors (Lipinski definition) is 2. The monoisotopic (exact) mass is 246 g/mol. The van der Waals surface area contributed by atoms with Crippen LogP contribution in [-0.4, -0.2) is 0 Å². The van der Waals surface area contributed by atoms with Gasteiger partial charge in [0.2, 0.25) is 0 Å². The van der Waals surface area contributed by atoms with Crippen molar-refractivity contribution in [1.29, 1.82) is 0 Å². The van der Waals surface area contributed by atoms with Crippen molar-refractivity contribution in [2.75, 3.05) is 0 Å². The molecule has 0 spiro atoms. The zero-order valence-corrected chi connectivity index (χ0v) is 10.6. The summed E-state index contributed by atoms with van der Waals surface area (Å²) in [4.78, 5) is 2.84. The second-order valence-electron chi connectivity index (χ2n) is 3.42. The maximum atomic E-state index is 2.21. The van der Waals surface area contributed by atoms with Crippen molar-refractivity contribution in [3.8, 4) is 0 Å². The van der Waals surface area contributed by atoms with Crippen LogP contribution in [0.2, 0.25) is 0 Å². The van der Waals surface area contributed by atoms with E-state index in [1.807, 2.05) is 22.7 Å². The van der Waals surface area contributed by atoms with Crippen LogP contribution >= 0.6 is 22.7 Å². The van der Waals surface area contributed by atoms with E-state index >= 15 is 0 Å². The van der Waals surface area contributed by atoms with Crippen molar-refractivity contribution < 1.29 is 0 Å². The zero-order valence-electron chi connectivity index (χ0n) is 9.00. The van der Waals surface area contributed by atoms with Crippen LogP contribution in [0, 0.1) is 0 Å². The lowest BCUT2D eigenvalue weighted by molar-refractivity contribution is 1.32. The molecular formula is C14H14S2. The summed E-state index contributed by atoms with van der Waals surface area (Å²) in [6, 6.07) is 8.54. The van der Waals surface area contributed by atoms with Crippen LogP contribution in [0.5, 0.6) is 0 Å². The lowest BCUT2D eigenvalue weighted by Crippen LogP contribution is -1.71. The van der Waals surface area contributed by atoms with Crippen LogP contribution in [0.4, 0.5) is 0 Å². The third-order valence-electron chi connectivity index (χ3n) is 2.18. The molecule has 0 radical (unpaired) electrons. The summed E-state index contributed by atoms with van der Waals surface area (Å²) in [5.41, 5.74) is 0. The Morgan fingerprint density at radius 2 is 1.31 bits per heavy atom. The molecule has 0 fully saturated rings. The summed E-state index contributed by atoms with van der Waals surface area (Å²) in [7, 11) is 0. The second-order valence-corrected chi connectivity index (χ2v) is 5.49. The summed E-state index contributed by atoms with van der Waals surface area (Å²) in [6.07, 6.45) is 10.8. The summed E-state index contributed by atoms with van der Waals surface area (Å²) in [5.74, 6) is 0. The van der Waals surface area contributed by atoms with E-state index < -0.39 is 0 Å². The van der Waals surface area contributed by atoms with E-state index in [-0.39, 0.29) is 0 Å². The Hall–Kier alpha value is -1.12. The van der Waals surface area contributed by atoms with Gasteiger partial charge in [0.1, 0.15) is 0 Å². The van der Waals surface area contributed by atoms with Gasteiger partial charge in [0, 0.05) is 22.6 Å². The van der Waals surface area contributed by atoms with Crippen LogP contribution in [0.15, 0.2) is 59.3 Å². The highest BCUT2D eigenvalue weighted by Crippen LogP contribution is 2.10. The maximum Gasteiger partial charge on any atom is 0.00829 e. The molecule has 0 aliphatic carbocycles. The molecule has 0 saturated carbocycles. The van der Waals surface area contributed by atoms with E-state index in [1.165, 1.54) is 9.75 Å². The minimum atomic E-state index is 1.04. The van der Waals surface area contributed by atoms with Crippen molar-refractivity contribution in [2.45, 2.75) is 12.8 Å². The molecule has 2 aromatic rings. The topological polar surface area (TPSA) is 0 Å². The molecule has 0 aromatic carbocycles. The van der Waals surface area contributed by atoms with Gasteiger partial charge >= 0.3 is 0 Å². The van der Waals surface area contributed by atoms with Gasteiger partial charge in [0.05, 0.1) is 0 Å². The first-order valence-electron chi connectivity index (χ1n) is 5.31. The molecule has 0 aliphatic rings. The van der Waals surface area contributed by atoms with Gasteiger partial charge in [0.25, 0.3) is 0 Å². The fraction of sp³-hybridized carbons (Fsp3) is 0.143. The lowest BCUT2D eigenvalue weighted by Gasteiger charge is -1.87. The molecule has 16 heavy (non-hydrogen) atoms. The molecule has 2 aromatic heterocycles. The molecule has 0 atom stereocenters. The van der Waals surface area contributed by atoms with Gasteiger partial charge in [0.15, 0.2) is 0 Å². The number of hydrogen-bond donors (Lipinski definition) is 0. The summed E-state index contributed by atoms with van der Waals surface area (Å²) >= 11 is 3.62. The number of allylic oxidation sites excluding steroid dienone is 4. The first-order valence-corrected chi connectivity index (χ1v) is 7.07. The minimum absolute atomic E-state index is 1.04. The first kappa shape index (κ1) is 11.4. The average Bonchev–Trinajstić information content (AvgIpc) is 2.96. The van der Waals surface area contributed by atoms with E-state index in [2.05, 4.69) is 59.3 Å². The predicted molar refractivity (Wildman–Crippen MR) is 74.3 cm³/mol. The molecule has 0 bridgehead atoms. The molecule has 2 rings (SSSR count). The largest absolute Gasteiger partial charge is 0.149 e. The molecule has 0 N–H and O–H groups in total. The van der Waals surface area contributed by atoms with Crippen molar-refractivity contribution >= 4 is 22.7 Å². The Kier molecular flexibility index (Phi) is 4.59. The van der Waals surface area contributed by atoms with Crippen LogP contribution in [-0.2, 0) is 12.8 Å². The fourth-order valence-electron chi connectivity index (χ4n) is 1.38. The highest BCUT2D eigenvalue weighted by atomic mass is 32.1. The first-order chi connectivity index (χ1) is 7.95. The van der Waals surface area contributed by atoms with Gasteiger partial charge in [-0.15, -0.1) is 22.7 Å². The highest BCUT2D eigenvalue weighted by Gasteiger charge is 1.88. The second kappa shape index (κ2) is 6.46. The van der Waals surface area contributed by atoms with Crippen LogP contribution in [0.3, 0.4) is 0 Å². The van der Waals surface area contributed by atoms with Gasteiger partial charge in [-0.3, -0.25) is 0 Å². The third-order valence-corrected chi connectivity index (χ3v) is 3.98. The summed E-state index contributed by atoms with van der Waals surface area (Å²) < 4.78 is 0. The van der Waals surface area contributed by atoms with Gasteiger partial charge in [-0.25, -0.2) is 0 Å². The quantitative estimate of drug-likeness (QED) is 0.670. The summed E-state index contributed by atoms with van der Waals surface area (Å²) in [5, 5.41) is 4.24. The molecule has 0 saturated heterocycles. The third kappa shape index (κ3) is 3.80. The van der Waals surface area contributed by atoms with Crippen LogP contribution in [0.1, 0.15) is 9.75 Å². The van der Waals surface area contributed by atoms with Gasteiger partial charge < -0.3 is 0 Å². The van der Waals surface area contributed by atoms with Crippen LogP contribution in [0.25, 0.3) is 0 Å². The molecule has 2 heteroatoms. The Labute approximate surface area is 105 Å². The Bertz CT molecular complexity index is 389. The Morgan fingerprint density at radius 1 is 0.812 bits per heavy atom. The summed E-state index contributed by atoms with van der Waals surface area (Å²) in [6.45, 7) is 0. The zero-order chi connectivity index (χ0) is 11.1. The normalized spacial score (nSPS) is 11.8. The Balaban J connectivity index is 1.71. The molecule has 0 nitrogen and oxygen atoms in total. The average molecular weight is 246 g/mol. The van der Waals surface area contributed by atoms with E-state index in [4.69, 9.17) is 0 Å². The smallest absolute Gasteiger partial charge is 0.00829 e. The van der Waals surface area contributed by atoms with Gasteiger partial charge in [-0.05, 0) is 22.9 Å². The van der Waals surface area contributed by atoms with E-state index in [1.54, 1.807) is 0 Å². The standard InChI is InChI=1S/C14H14S2/c1(3-7-13-9-5-11-15-13)2-4-8-14-10-6-12-16-14/h1-6,9-12H,7-8H2. The predicted octanol–water partition coefficient (Wildman–Crippen LogP) is 4.71. The van der Waals surface area contributed by atoms with Gasteiger partial charge in [-0.2, -0.15) is 0 Å². The fourth-order valence-corrected chi connectivity index (χ4v) is 2.75. The number of thiophene rings is 2. The van der Waals surface area contributed by atoms with E-state index in [0.29, 0.717) is 0 Å². The van der Waals surface area contributed by atoms with Crippen molar-refractivity contribution in [3.05, 3.63) is 69.1 Å². The molecular weight excluding hydrogens is 232 g/mol. The van der Waals surface area contributed by atoms with E-state index in [0.717, 1.165) is 12.8 Å². The Morgan fingerprint density at radius 3 is 1.69 bits per heavy atom. The minimum Gasteiger partial charge on any atom is -0.149 e. The maximum absolute atomic E-state index is 2.21. The molecule has 82 valence electrons. The number of rotatable bonds is 5. The van der Waals surface area contributed by atoms with Crippen molar-refractivity contribution in [2.24, 2.45) is 0 Å².